The molecular weight excluding hydrogens is 256 g/mol. The molecule has 0 bridgehead atoms. The van der Waals surface area contributed by atoms with Gasteiger partial charge in [0, 0.05) is 20.2 Å². The molecule has 2 N–H and O–H groups in total. The first-order chi connectivity index (χ1) is 9.61. The predicted molar refractivity (Wildman–Crippen MR) is 76.0 cm³/mol. The van der Waals surface area contributed by atoms with Crippen LogP contribution < -0.4 is 5.73 Å². The van der Waals surface area contributed by atoms with Gasteiger partial charge in [0.15, 0.2) is 0 Å². The van der Waals surface area contributed by atoms with Gasteiger partial charge in [0.2, 0.25) is 5.91 Å². The van der Waals surface area contributed by atoms with Crippen molar-refractivity contribution in [1.29, 1.82) is 0 Å². The zero-order valence-corrected chi connectivity index (χ0v) is 12.0. The van der Waals surface area contributed by atoms with E-state index in [1.54, 1.807) is 7.11 Å². The van der Waals surface area contributed by atoms with E-state index >= 15 is 0 Å². The number of benzene rings is 1. The third kappa shape index (κ3) is 3.56. The van der Waals surface area contributed by atoms with E-state index in [0.29, 0.717) is 26.3 Å². The van der Waals surface area contributed by atoms with E-state index in [0.717, 1.165) is 11.1 Å². The zero-order chi connectivity index (χ0) is 14.5. The van der Waals surface area contributed by atoms with Crippen molar-refractivity contribution in [2.75, 3.05) is 20.3 Å². The Morgan fingerprint density at radius 1 is 1.50 bits per heavy atom. The van der Waals surface area contributed by atoms with Crippen molar-refractivity contribution in [3.63, 3.8) is 0 Å². The summed E-state index contributed by atoms with van der Waals surface area (Å²) in [7, 11) is 1.68. The second-order valence-electron chi connectivity index (χ2n) is 5.15. The van der Waals surface area contributed by atoms with Gasteiger partial charge in [-0.05, 0) is 18.1 Å². The standard InChI is InChI=1S/C15H22N2O3/c1-11-14(15(16)18)17(6-7-20-11)9-12-4-3-5-13(8-12)10-19-2/h3-5,8,11,14H,6-7,9-10H2,1-2H3,(H2,16,18)/t11-,14+/m1/s1. The molecule has 1 fully saturated rings. The highest BCUT2D eigenvalue weighted by molar-refractivity contribution is 5.80. The zero-order valence-electron chi connectivity index (χ0n) is 12.0. The van der Waals surface area contributed by atoms with Crippen LogP contribution in [0.5, 0.6) is 0 Å². The third-order valence-electron chi connectivity index (χ3n) is 3.58. The number of morpholine rings is 1. The number of methoxy groups -OCH3 is 1. The monoisotopic (exact) mass is 278 g/mol. The highest BCUT2D eigenvalue weighted by Crippen LogP contribution is 2.18. The lowest BCUT2D eigenvalue weighted by molar-refractivity contribution is -0.136. The number of nitrogens with zero attached hydrogens (tertiary/aromatic N) is 1. The molecule has 1 aromatic rings. The molecule has 1 aliphatic rings. The summed E-state index contributed by atoms with van der Waals surface area (Å²) in [5, 5.41) is 0. The Labute approximate surface area is 119 Å². The normalized spacial score (nSPS) is 23.7. The number of carbonyl (C=O) groups is 1. The number of primary amides is 1. The van der Waals surface area contributed by atoms with Crippen molar-refractivity contribution in [1.82, 2.24) is 4.90 Å². The van der Waals surface area contributed by atoms with Crippen LogP contribution in [0.25, 0.3) is 0 Å². The van der Waals surface area contributed by atoms with Gasteiger partial charge in [-0.1, -0.05) is 24.3 Å². The summed E-state index contributed by atoms with van der Waals surface area (Å²) < 4.78 is 10.7. The number of nitrogens with two attached hydrogens (primary N) is 1. The van der Waals surface area contributed by atoms with Crippen LogP contribution in [-0.2, 0) is 27.4 Å². The molecule has 5 nitrogen and oxygen atoms in total. The number of ether oxygens (including phenoxy) is 2. The Balaban J connectivity index is 2.10. The third-order valence-corrected chi connectivity index (χ3v) is 3.58. The molecule has 1 saturated heterocycles. The van der Waals surface area contributed by atoms with Crippen LogP contribution in [0.4, 0.5) is 0 Å². The van der Waals surface area contributed by atoms with Crippen LogP contribution in [0, 0.1) is 0 Å². The predicted octanol–water partition coefficient (Wildman–Crippen LogP) is 0.908. The van der Waals surface area contributed by atoms with Gasteiger partial charge in [-0.2, -0.15) is 0 Å². The van der Waals surface area contributed by atoms with Crippen LogP contribution in [-0.4, -0.2) is 43.2 Å². The molecule has 0 saturated carbocycles. The molecule has 0 aliphatic carbocycles. The van der Waals surface area contributed by atoms with Crippen molar-refractivity contribution >= 4 is 5.91 Å². The molecule has 0 radical (unpaired) electrons. The van der Waals surface area contributed by atoms with Gasteiger partial charge < -0.3 is 15.2 Å². The summed E-state index contributed by atoms with van der Waals surface area (Å²) in [5.74, 6) is -0.328. The van der Waals surface area contributed by atoms with Crippen molar-refractivity contribution in [3.8, 4) is 0 Å². The van der Waals surface area contributed by atoms with Crippen LogP contribution in [0.1, 0.15) is 18.1 Å². The maximum atomic E-state index is 11.6. The quantitative estimate of drug-likeness (QED) is 0.869. The molecule has 1 aliphatic heterocycles. The summed E-state index contributed by atoms with van der Waals surface area (Å²) in [6, 6.07) is 7.82. The van der Waals surface area contributed by atoms with Gasteiger partial charge in [-0.3, -0.25) is 9.69 Å². The number of carbonyl (C=O) groups excluding carboxylic acids is 1. The minimum absolute atomic E-state index is 0.164. The van der Waals surface area contributed by atoms with Crippen molar-refractivity contribution < 1.29 is 14.3 Å². The van der Waals surface area contributed by atoms with Crippen LogP contribution in [0.2, 0.25) is 0 Å². The molecule has 2 rings (SSSR count). The average Bonchev–Trinajstić information content (AvgIpc) is 2.39. The number of hydrogen-bond acceptors (Lipinski definition) is 4. The first-order valence-electron chi connectivity index (χ1n) is 6.83. The number of hydrogen-bond donors (Lipinski definition) is 1. The smallest absolute Gasteiger partial charge is 0.237 e. The Bertz CT molecular complexity index is 464. The van der Waals surface area contributed by atoms with Crippen LogP contribution >= 0.6 is 0 Å². The van der Waals surface area contributed by atoms with Crippen molar-refractivity contribution in [2.24, 2.45) is 5.73 Å². The Kier molecular flexibility index (Phi) is 5.11. The largest absolute Gasteiger partial charge is 0.380 e. The Hall–Kier alpha value is -1.43. The average molecular weight is 278 g/mol. The van der Waals surface area contributed by atoms with E-state index in [9.17, 15) is 4.79 Å². The SMILES string of the molecule is COCc1cccc(CN2CCO[C@H](C)[C@H]2C(N)=O)c1. The summed E-state index contributed by atoms with van der Waals surface area (Å²) in [4.78, 5) is 13.7. The summed E-state index contributed by atoms with van der Waals surface area (Å²) in [5.41, 5.74) is 7.78. The van der Waals surface area contributed by atoms with E-state index in [2.05, 4.69) is 17.0 Å². The lowest BCUT2D eigenvalue weighted by atomic mass is 10.1. The lowest BCUT2D eigenvalue weighted by Gasteiger charge is -2.37. The molecule has 0 unspecified atom stereocenters. The topological polar surface area (TPSA) is 64.8 Å². The Morgan fingerprint density at radius 3 is 2.95 bits per heavy atom. The fourth-order valence-corrected chi connectivity index (χ4v) is 2.69. The first kappa shape index (κ1) is 15.0. The van der Waals surface area contributed by atoms with E-state index in [-0.39, 0.29) is 18.1 Å². The minimum atomic E-state index is -0.366. The molecule has 1 aromatic carbocycles. The molecular formula is C15H22N2O3. The number of amides is 1. The fourth-order valence-electron chi connectivity index (χ4n) is 2.69. The molecule has 1 amide bonds. The van der Waals surface area contributed by atoms with E-state index in [4.69, 9.17) is 15.2 Å². The molecule has 5 heteroatoms. The fraction of sp³-hybridized carbons (Fsp3) is 0.533. The Morgan fingerprint density at radius 2 is 2.25 bits per heavy atom. The van der Waals surface area contributed by atoms with Gasteiger partial charge in [-0.15, -0.1) is 0 Å². The molecule has 0 spiro atoms. The van der Waals surface area contributed by atoms with Gasteiger partial charge in [-0.25, -0.2) is 0 Å². The van der Waals surface area contributed by atoms with Crippen molar-refractivity contribution in [3.05, 3.63) is 35.4 Å². The molecule has 2 atom stereocenters. The first-order valence-corrected chi connectivity index (χ1v) is 6.83. The van der Waals surface area contributed by atoms with Crippen molar-refractivity contribution in [2.45, 2.75) is 32.2 Å². The summed E-state index contributed by atoms with van der Waals surface area (Å²) >= 11 is 0. The lowest BCUT2D eigenvalue weighted by Crippen LogP contribution is -2.56. The highest BCUT2D eigenvalue weighted by atomic mass is 16.5. The maximum absolute atomic E-state index is 11.6. The van der Waals surface area contributed by atoms with Crippen LogP contribution in [0.15, 0.2) is 24.3 Å². The molecule has 1 heterocycles. The second-order valence-corrected chi connectivity index (χ2v) is 5.15. The molecule has 20 heavy (non-hydrogen) atoms. The maximum Gasteiger partial charge on any atom is 0.237 e. The van der Waals surface area contributed by atoms with Gasteiger partial charge in [0.05, 0.1) is 19.3 Å². The van der Waals surface area contributed by atoms with Gasteiger partial charge >= 0.3 is 0 Å². The van der Waals surface area contributed by atoms with Gasteiger partial charge in [0.25, 0.3) is 0 Å². The second kappa shape index (κ2) is 6.83. The van der Waals surface area contributed by atoms with Crippen LogP contribution in [0.3, 0.4) is 0 Å². The van der Waals surface area contributed by atoms with Gasteiger partial charge in [0.1, 0.15) is 6.04 Å². The molecule has 110 valence electrons. The summed E-state index contributed by atoms with van der Waals surface area (Å²) in [6.45, 7) is 4.52. The minimum Gasteiger partial charge on any atom is -0.380 e. The van der Waals surface area contributed by atoms with E-state index < -0.39 is 0 Å². The highest BCUT2D eigenvalue weighted by Gasteiger charge is 2.33. The summed E-state index contributed by atoms with van der Waals surface area (Å²) in [6.07, 6.45) is -0.164. The van der Waals surface area contributed by atoms with E-state index in [1.807, 2.05) is 19.1 Å². The van der Waals surface area contributed by atoms with E-state index in [1.165, 1.54) is 0 Å². The molecule has 0 aromatic heterocycles. The number of rotatable bonds is 5.